The van der Waals surface area contributed by atoms with Crippen molar-refractivity contribution < 1.29 is 19.0 Å². The number of hydrogen-bond acceptors (Lipinski definition) is 5. The highest BCUT2D eigenvalue weighted by Crippen LogP contribution is 2.38. The SMILES string of the molecule is COc1ccc(/C=C/C(=O)NCC2Cc3cccc(-c4ccc(C)cn4)c3O2)cc1OC. The first-order chi connectivity index (χ1) is 15.6. The Morgan fingerprint density at radius 2 is 2.00 bits per heavy atom. The number of aryl methyl sites for hydroxylation is 1. The minimum atomic E-state index is -0.181. The third-order valence-corrected chi connectivity index (χ3v) is 5.35. The molecule has 2 aromatic carbocycles. The largest absolute Gasteiger partial charge is 0.493 e. The molecule has 3 aromatic rings. The van der Waals surface area contributed by atoms with Crippen molar-refractivity contribution >= 4 is 12.0 Å². The van der Waals surface area contributed by atoms with Crippen LogP contribution in [0, 0.1) is 6.92 Å². The van der Waals surface area contributed by atoms with Gasteiger partial charge in [-0.15, -0.1) is 0 Å². The Morgan fingerprint density at radius 3 is 2.75 bits per heavy atom. The lowest BCUT2D eigenvalue weighted by atomic mass is 10.0. The molecule has 0 saturated carbocycles. The fourth-order valence-corrected chi connectivity index (χ4v) is 3.68. The number of nitrogens with zero attached hydrogens (tertiary/aromatic N) is 1. The van der Waals surface area contributed by atoms with Crippen LogP contribution in [0.1, 0.15) is 16.7 Å². The van der Waals surface area contributed by atoms with Gasteiger partial charge in [-0.25, -0.2) is 0 Å². The third-order valence-electron chi connectivity index (χ3n) is 5.35. The molecule has 0 fully saturated rings. The molecule has 1 N–H and O–H groups in total. The van der Waals surface area contributed by atoms with E-state index in [1.807, 2.05) is 49.5 Å². The van der Waals surface area contributed by atoms with E-state index in [-0.39, 0.29) is 12.0 Å². The van der Waals surface area contributed by atoms with Crippen LogP contribution < -0.4 is 19.5 Å². The van der Waals surface area contributed by atoms with Crippen LogP contribution >= 0.6 is 0 Å². The van der Waals surface area contributed by atoms with E-state index in [1.54, 1.807) is 26.4 Å². The maximum Gasteiger partial charge on any atom is 0.244 e. The standard InChI is InChI=1S/C26H26N2O4/c1-17-7-10-22(27-15-17)21-6-4-5-19-14-20(32-26(19)21)16-28-25(29)12-9-18-8-11-23(30-2)24(13-18)31-3/h4-13,15,20H,14,16H2,1-3H3,(H,28,29)/b12-9+. The van der Waals surface area contributed by atoms with Crippen LogP contribution in [-0.4, -0.2) is 37.8 Å². The summed E-state index contributed by atoms with van der Waals surface area (Å²) >= 11 is 0. The molecular formula is C26H26N2O4. The van der Waals surface area contributed by atoms with Gasteiger partial charge >= 0.3 is 0 Å². The highest BCUT2D eigenvalue weighted by molar-refractivity contribution is 5.91. The van der Waals surface area contributed by atoms with Gasteiger partial charge in [0, 0.05) is 24.3 Å². The van der Waals surface area contributed by atoms with Crippen LogP contribution in [0.15, 0.2) is 60.8 Å². The maximum absolute atomic E-state index is 12.3. The molecule has 0 spiro atoms. The van der Waals surface area contributed by atoms with Crippen LogP contribution in [0.5, 0.6) is 17.2 Å². The first-order valence-corrected chi connectivity index (χ1v) is 10.5. The monoisotopic (exact) mass is 430 g/mol. The highest BCUT2D eigenvalue weighted by Gasteiger charge is 2.26. The summed E-state index contributed by atoms with van der Waals surface area (Å²) in [4.78, 5) is 16.9. The summed E-state index contributed by atoms with van der Waals surface area (Å²) in [6.45, 7) is 2.44. The predicted octanol–water partition coefficient (Wildman–Crippen LogP) is 4.21. The normalized spacial score (nSPS) is 14.7. The number of fused-ring (bicyclic) bond motifs is 1. The molecule has 32 heavy (non-hydrogen) atoms. The number of carbonyl (C=O) groups is 1. The van der Waals surface area contributed by atoms with Gasteiger partial charge in [0.2, 0.25) is 5.91 Å². The minimum Gasteiger partial charge on any atom is -0.493 e. The van der Waals surface area contributed by atoms with E-state index >= 15 is 0 Å². The molecule has 1 amide bonds. The molecule has 2 heterocycles. The lowest BCUT2D eigenvalue weighted by molar-refractivity contribution is -0.116. The van der Waals surface area contributed by atoms with Gasteiger partial charge in [0.1, 0.15) is 11.9 Å². The average molecular weight is 431 g/mol. The number of nitrogens with one attached hydrogen (secondary N) is 1. The van der Waals surface area contributed by atoms with Gasteiger partial charge in [-0.1, -0.05) is 24.3 Å². The van der Waals surface area contributed by atoms with Gasteiger partial charge < -0.3 is 19.5 Å². The third kappa shape index (κ3) is 4.75. The Bertz CT molecular complexity index is 1140. The molecule has 1 aliphatic rings. The molecule has 4 rings (SSSR count). The van der Waals surface area contributed by atoms with E-state index in [4.69, 9.17) is 14.2 Å². The number of ether oxygens (including phenoxy) is 3. The molecule has 1 aromatic heterocycles. The van der Waals surface area contributed by atoms with Crippen LogP contribution in [0.3, 0.4) is 0 Å². The zero-order valence-electron chi connectivity index (χ0n) is 18.4. The van der Waals surface area contributed by atoms with Gasteiger partial charge in [0.05, 0.1) is 26.5 Å². The zero-order valence-corrected chi connectivity index (χ0v) is 18.4. The summed E-state index contributed by atoms with van der Waals surface area (Å²) < 4.78 is 16.7. The Morgan fingerprint density at radius 1 is 1.16 bits per heavy atom. The molecule has 0 bridgehead atoms. The van der Waals surface area contributed by atoms with Gasteiger partial charge in [-0.2, -0.15) is 0 Å². The lowest BCUT2D eigenvalue weighted by Gasteiger charge is -2.13. The average Bonchev–Trinajstić information content (AvgIpc) is 3.25. The second-order valence-electron chi connectivity index (χ2n) is 7.65. The number of amides is 1. The number of benzene rings is 2. The molecule has 6 nitrogen and oxygen atoms in total. The molecule has 0 aliphatic carbocycles. The van der Waals surface area contributed by atoms with E-state index in [2.05, 4.69) is 16.4 Å². The van der Waals surface area contributed by atoms with Crippen molar-refractivity contribution in [1.29, 1.82) is 0 Å². The predicted molar refractivity (Wildman–Crippen MR) is 124 cm³/mol. The maximum atomic E-state index is 12.3. The van der Waals surface area contributed by atoms with E-state index in [1.165, 1.54) is 6.08 Å². The summed E-state index contributed by atoms with van der Waals surface area (Å²) in [6.07, 6.45) is 5.73. The van der Waals surface area contributed by atoms with Crippen LogP contribution in [-0.2, 0) is 11.2 Å². The van der Waals surface area contributed by atoms with E-state index in [0.717, 1.165) is 40.1 Å². The smallest absolute Gasteiger partial charge is 0.244 e. The summed E-state index contributed by atoms with van der Waals surface area (Å²) in [5.74, 6) is 1.93. The van der Waals surface area contributed by atoms with Crippen molar-refractivity contribution in [2.45, 2.75) is 19.4 Å². The summed E-state index contributed by atoms with van der Waals surface area (Å²) in [5, 5.41) is 2.93. The van der Waals surface area contributed by atoms with Crippen LogP contribution in [0.2, 0.25) is 0 Å². The Kier molecular flexibility index (Phi) is 6.40. The van der Waals surface area contributed by atoms with Gasteiger partial charge in [-0.05, 0) is 54.0 Å². The van der Waals surface area contributed by atoms with Crippen molar-refractivity contribution in [1.82, 2.24) is 10.3 Å². The molecule has 1 atom stereocenters. The number of rotatable bonds is 7. The van der Waals surface area contributed by atoms with Crippen molar-refractivity contribution in [3.63, 3.8) is 0 Å². The van der Waals surface area contributed by atoms with Crippen molar-refractivity contribution in [3.05, 3.63) is 77.5 Å². The Balaban J connectivity index is 1.36. The fourth-order valence-electron chi connectivity index (χ4n) is 3.68. The van der Waals surface area contributed by atoms with E-state index in [9.17, 15) is 4.79 Å². The molecule has 0 radical (unpaired) electrons. The molecule has 0 saturated heterocycles. The topological polar surface area (TPSA) is 69.7 Å². The van der Waals surface area contributed by atoms with Gasteiger partial charge in [0.25, 0.3) is 0 Å². The van der Waals surface area contributed by atoms with Crippen LogP contribution in [0.4, 0.5) is 0 Å². The molecule has 164 valence electrons. The molecule has 1 unspecified atom stereocenters. The summed E-state index contributed by atoms with van der Waals surface area (Å²) in [6, 6.07) is 15.6. The number of pyridine rings is 1. The van der Waals surface area contributed by atoms with Crippen molar-refractivity contribution in [3.8, 4) is 28.5 Å². The second kappa shape index (κ2) is 9.56. The number of para-hydroxylation sites is 1. The lowest BCUT2D eigenvalue weighted by Crippen LogP contribution is -2.33. The molecule has 6 heteroatoms. The van der Waals surface area contributed by atoms with Crippen molar-refractivity contribution in [2.75, 3.05) is 20.8 Å². The zero-order chi connectivity index (χ0) is 22.5. The first-order valence-electron chi connectivity index (χ1n) is 10.5. The van der Waals surface area contributed by atoms with E-state index < -0.39 is 0 Å². The number of carbonyl (C=O) groups excluding carboxylic acids is 1. The van der Waals surface area contributed by atoms with Gasteiger partial charge in [0.15, 0.2) is 11.5 Å². The molecule has 1 aliphatic heterocycles. The first kappa shape index (κ1) is 21.4. The summed E-state index contributed by atoms with van der Waals surface area (Å²) in [5.41, 5.74) is 4.95. The van der Waals surface area contributed by atoms with Gasteiger partial charge in [-0.3, -0.25) is 9.78 Å². The number of aromatic nitrogens is 1. The quantitative estimate of drug-likeness (QED) is 0.569. The second-order valence-corrected chi connectivity index (χ2v) is 7.65. The Labute approximate surface area is 187 Å². The van der Waals surface area contributed by atoms with E-state index in [0.29, 0.717) is 18.0 Å². The highest BCUT2D eigenvalue weighted by atomic mass is 16.5. The Hall–Kier alpha value is -3.80. The van der Waals surface area contributed by atoms with Crippen LogP contribution in [0.25, 0.3) is 17.3 Å². The minimum absolute atomic E-state index is 0.116. The summed E-state index contributed by atoms with van der Waals surface area (Å²) in [7, 11) is 3.17. The molecular weight excluding hydrogens is 404 g/mol. The fraction of sp³-hybridized carbons (Fsp3) is 0.231. The number of methoxy groups -OCH3 is 2. The number of hydrogen-bond donors (Lipinski definition) is 1. The van der Waals surface area contributed by atoms with Crippen molar-refractivity contribution in [2.24, 2.45) is 0 Å².